The molecule has 1 aliphatic heterocycles. The van der Waals surface area contributed by atoms with Crippen molar-refractivity contribution in [3.63, 3.8) is 0 Å². The van der Waals surface area contributed by atoms with Gasteiger partial charge in [-0.1, -0.05) is 17.7 Å². The molecule has 1 aromatic carbocycles. The molecule has 0 radical (unpaired) electrons. The molecule has 1 N–H and O–H groups in total. The smallest absolute Gasteiger partial charge is 0.0721 e. The van der Waals surface area contributed by atoms with E-state index in [1.54, 1.807) is 0 Å². The third-order valence-corrected chi connectivity index (χ3v) is 3.57. The van der Waals surface area contributed by atoms with E-state index in [0.29, 0.717) is 0 Å². The summed E-state index contributed by atoms with van der Waals surface area (Å²) in [7, 11) is 1.93. The van der Waals surface area contributed by atoms with Crippen LogP contribution >= 0.6 is 11.6 Å². The lowest BCUT2D eigenvalue weighted by atomic mass is 10.2. The van der Waals surface area contributed by atoms with Crippen LogP contribution in [0, 0.1) is 0 Å². The maximum Gasteiger partial charge on any atom is 0.0721 e. The lowest BCUT2D eigenvalue weighted by molar-refractivity contribution is 0.0821. The molecule has 4 heteroatoms. The molecule has 1 atom stereocenters. The highest BCUT2D eigenvalue weighted by Gasteiger charge is 2.16. The fraction of sp³-hybridized carbons (Fsp3) is 0.571. The normalized spacial score (nSPS) is 20.8. The van der Waals surface area contributed by atoms with E-state index >= 15 is 0 Å². The van der Waals surface area contributed by atoms with Crippen molar-refractivity contribution in [2.75, 3.05) is 31.6 Å². The summed E-state index contributed by atoms with van der Waals surface area (Å²) in [5.74, 6) is 0. The number of nitrogens with one attached hydrogen (secondary N) is 1. The van der Waals surface area contributed by atoms with Gasteiger partial charge in [0.1, 0.15) is 0 Å². The minimum atomic E-state index is 0.281. The summed E-state index contributed by atoms with van der Waals surface area (Å²) in [5, 5.41) is 3.96. The zero-order valence-corrected chi connectivity index (χ0v) is 11.8. The van der Waals surface area contributed by atoms with Crippen LogP contribution in [0.4, 0.5) is 5.69 Å². The molecule has 0 aromatic heterocycles. The van der Waals surface area contributed by atoms with Crippen molar-refractivity contribution >= 4 is 17.3 Å². The van der Waals surface area contributed by atoms with E-state index in [9.17, 15) is 0 Å². The quantitative estimate of drug-likeness (QED) is 0.912. The molecule has 0 amide bonds. The number of anilines is 1. The van der Waals surface area contributed by atoms with E-state index in [0.717, 1.165) is 43.2 Å². The second kappa shape index (κ2) is 6.41. The molecule has 0 aliphatic carbocycles. The minimum Gasteiger partial charge on any atom is -0.377 e. The number of nitrogens with zero attached hydrogens (tertiary/aromatic N) is 1. The Bertz CT molecular complexity index is 397. The minimum absolute atomic E-state index is 0.281. The summed E-state index contributed by atoms with van der Waals surface area (Å²) < 4.78 is 5.66. The molecule has 2 rings (SSSR count). The van der Waals surface area contributed by atoms with E-state index < -0.39 is 0 Å². The molecule has 3 nitrogen and oxygen atoms in total. The maximum atomic E-state index is 6.31. The Labute approximate surface area is 114 Å². The fourth-order valence-corrected chi connectivity index (χ4v) is 2.54. The van der Waals surface area contributed by atoms with Crippen LogP contribution < -0.4 is 10.2 Å². The summed E-state index contributed by atoms with van der Waals surface area (Å²) in [6, 6.07) is 6.31. The Kier molecular flexibility index (Phi) is 4.87. The van der Waals surface area contributed by atoms with Gasteiger partial charge in [0.25, 0.3) is 0 Å². The van der Waals surface area contributed by atoms with Gasteiger partial charge in [0.15, 0.2) is 0 Å². The molecular weight excluding hydrogens is 248 g/mol. The molecule has 0 spiro atoms. The monoisotopic (exact) mass is 268 g/mol. The summed E-state index contributed by atoms with van der Waals surface area (Å²) in [6.07, 6.45) is 1.35. The SMILES string of the molecule is CNCc1ccc(N2CCCOC(C)C2)cc1Cl. The number of hydrogen-bond acceptors (Lipinski definition) is 3. The number of rotatable bonds is 3. The van der Waals surface area contributed by atoms with Crippen molar-refractivity contribution in [3.05, 3.63) is 28.8 Å². The predicted octanol–water partition coefficient (Wildman–Crippen LogP) is 2.67. The number of benzene rings is 1. The van der Waals surface area contributed by atoms with Crippen LogP contribution in [0.3, 0.4) is 0 Å². The topological polar surface area (TPSA) is 24.5 Å². The molecule has 1 fully saturated rings. The van der Waals surface area contributed by atoms with Crippen LogP contribution in [0.15, 0.2) is 18.2 Å². The molecular formula is C14H21ClN2O. The highest BCUT2D eigenvalue weighted by molar-refractivity contribution is 6.31. The van der Waals surface area contributed by atoms with E-state index in [-0.39, 0.29) is 6.10 Å². The first-order valence-electron chi connectivity index (χ1n) is 6.50. The Balaban J connectivity index is 2.14. The van der Waals surface area contributed by atoms with Gasteiger partial charge < -0.3 is 15.0 Å². The summed E-state index contributed by atoms with van der Waals surface area (Å²) in [4.78, 5) is 2.35. The van der Waals surface area contributed by atoms with Crippen LogP contribution in [0.1, 0.15) is 18.9 Å². The van der Waals surface area contributed by atoms with Crippen LogP contribution in [0.25, 0.3) is 0 Å². The van der Waals surface area contributed by atoms with Gasteiger partial charge in [0, 0.05) is 37.0 Å². The standard InChI is InChI=1S/C14H21ClN2O/c1-11-10-17(6-3-7-18-11)13-5-4-12(9-16-2)14(15)8-13/h4-5,8,11,16H,3,6-7,9-10H2,1-2H3. The second-order valence-electron chi connectivity index (χ2n) is 4.79. The van der Waals surface area contributed by atoms with Crippen molar-refractivity contribution in [2.45, 2.75) is 26.0 Å². The lowest BCUT2D eigenvalue weighted by Crippen LogP contribution is -2.30. The predicted molar refractivity (Wildman–Crippen MR) is 76.5 cm³/mol. The van der Waals surface area contributed by atoms with Gasteiger partial charge in [-0.2, -0.15) is 0 Å². The average molecular weight is 269 g/mol. The van der Waals surface area contributed by atoms with Crippen molar-refractivity contribution in [1.29, 1.82) is 0 Å². The molecule has 1 heterocycles. The molecule has 1 aliphatic rings. The Morgan fingerprint density at radius 3 is 3.06 bits per heavy atom. The number of ether oxygens (including phenoxy) is 1. The number of hydrogen-bond donors (Lipinski definition) is 1. The van der Waals surface area contributed by atoms with Crippen molar-refractivity contribution < 1.29 is 4.74 Å². The van der Waals surface area contributed by atoms with Gasteiger partial charge in [0.2, 0.25) is 0 Å². The van der Waals surface area contributed by atoms with E-state index in [4.69, 9.17) is 16.3 Å². The molecule has 100 valence electrons. The second-order valence-corrected chi connectivity index (χ2v) is 5.19. The highest BCUT2D eigenvalue weighted by atomic mass is 35.5. The summed E-state index contributed by atoms with van der Waals surface area (Å²) >= 11 is 6.31. The van der Waals surface area contributed by atoms with Gasteiger partial charge >= 0.3 is 0 Å². The summed E-state index contributed by atoms with van der Waals surface area (Å²) in [6.45, 7) is 5.74. The Morgan fingerprint density at radius 2 is 2.33 bits per heavy atom. The Morgan fingerprint density at radius 1 is 1.50 bits per heavy atom. The lowest BCUT2D eigenvalue weighted by Gasteiger charge is -2.25. The van der Waals surface area contributed by atoms with Gasteiger partial charge in [-0.25, -0.2) is 0 Å². The Hall–Kier alpha value is -0.770. The zero-order valence-electron chi connectivity index (χ0n) is 11.1. The number of halogens is 1. The van der Waals surface area contributed by atoms with Crippen molar-refractivity contribution in [2.24, 2.45) is 0 Å². The molecule has 1 saturated heterocycles. The molecule has 1 aromatic rings. The molecule has 0 saturated carbocycles. The van der Waals surface area contributed by atoms with Gasteiger partial charge in [-0.05, 0) is 38.1 Å². The highest BCUT2D eigenvalue weighted by Crippen LogP contribution is 2.25. The first kappa shape index (κ1) is 13.7. The van der Waals surface area contributed by atoms with Gasteiger partial charge in [-0.15, -0.1) is 0 Å². The van der Waals surface area contributed by atoms with Crippen LogP contribution in [0.5, 0.6) is 0 Å². The van der Waals surface area contributed by atoms with Gasteiger partial charge in [0.05, 0.1) is 6.10 Å². The molecule has 18 heavy (non-hydrogen) atoms. The van der Waals surface area contributed by atoms with Crippen molar-refractivity contribution in [1.82, 2.24) is 5.32 Å². The first-order valence-corrected chi connectivity index (χ1v) is 6.88. The third kappa shape index (κ3) is 3.37. The van der Waals surface area contributed by atoms with Crippen molar-refractivity contribution in [3.8, 4) is 0 Å². The average Bonchev–Trinajstić information content (AvgIpc) is 2.57. The van der Waals surface area contributed by atoms with E-state index in [2.05, 4.69) is 35.3 Å². The van der Waals surface area contributed by atoms with Gasteiger partial charge in [-0.3, -0.25) is 0 Å². The molecule has 0 bridgehead atoms. The first-order chi connectivity index (χ1) is 8.70. The largest absolute Gasteiger partial charge is 0.377 e. The van der Waals surface area contributed by atoms with E-state index in [1.807, 2.05) is 7.05 Å². The van der Waals surface area contributed by atoms with Crippen LogP contribution in [-0.4, -0.2) is 32.8 Å². The summed E-state index contributed by atoms with van der Waals surface area (Å²) in [5.41, 5.74) is 2.33. The van der Waals surface area contributed by atoms with Crippen LogP contribution in [-0.2, 0) is 11.3 Å². The molecule has 1 unspecified atom stereocenters. The van der Waals surface area contributed by atoms with Crippen LogP contribution in [0.2, 0.25) is 5.02 Å². The van der Waals surface area contributed by atoms with E-state index in [1.165, 1.54) is 5.69 Å². The maximum absolute atomic E-state index is 6.31. The zero-order chi connectivity index (χ0) is 13.0. The third-order valence-electron chi connectivity index (χ3n) is 3.22. The fourth-order valence-electron chi connectivity index (χ4n) is 2.30.